The van der Waals surface area contributed by atoms with Gasteiger partial charge in [0.15, 0.2) is 9.84 Å². The molecule has 2 aliphatic heterocycles. The highest BCUT2D eigenvalue weighted by Crippen LogP contribution is 2.29. The largest absolute Gasteiger partial charge is 0.376 e. The quantitative estimate of drug-likeness (QED) is 0.638. The molecule has 0 radical (unpaired) electrons. The van der Waals surface area contributed by atoms with Crippen LogP contribution in [0.25, 0.3) is 0 Å². The van der Waals surface area contributed by atoms with Gasteiger partial charge in [0, 0.05) is 30.9 Å². The lowest BCUT2D eigenvalue weighted by molar-refractivity contribution is -0.134. The van der Waals surface area contributed by atoms with E-state index in [9.17, 15) is 21.6 Å². The average molecular weight is 484 g/mol. The molecule has 1 aromatic rings. The van der Waals surface area contributed by atoms with E-state index in [0.29, 0.717) is 25.2 Å². The first-order valence-corrected chi connectivity index (χ1v) is 14.9. The summed E-state index contributed by atoms with van der Waals surface area (Å²) in [7, 11) is -6.62. The number of hydrogen-bond acceptors (Lipinski definition) is 6. The molecule has 8 nitrogen and oxygen atoms in total. The molecule has 1 aromatic carbocycles. The number of sulfone groups is 1. The lowest BCUT2D eigenvalue weighted by Crippen LogP contribution is -2.50. The molecule has 32 heavy (non-hydrogen) atoms. The molecule has 4 rings (SSSR count). The van der Waals surface area contributed by atoms with Gasteiger partial charge in [0.1, 0.15) is 0 Å². The summed E-state index contributed by atoms with van der Waals surface area (Å²) >= 11 is 0. The first-order chi connectivity index (χ1) is 15.3. The van der Waals surface area contributed by atoms with Crippen molar-refractivity contribution in [3.8, 4) is 0 Å². The zero-order valence-electron chi connectivity index (χ0n) is 18.4. The summed E-state index contributed by atoms with van der Waals surface area (Å²) in [6.45, 7) is 1.10. The van der Waals surface area contributed by atoms with Crippen LogP contribution in [0, 0.1) is 0 Å². The van der Waals surface area contributed by atoms with E-state index in [0.717, 1.165) is 44.9 Å². The maximum absolute atomic E-state index is 13.2. The minimum absolute atomic E-state index is 0.0141. The summed E-state index contributed by atoms with van der Waals surface area (Å²) in [4.78, 5) is 15.3. The van der Waals surface area contributed by atoms with E-state index in [1.54, 1.807) is 24.3 Å². The van der Waals surface area contributed by atoms with Gasteiger partial charge in [-0.15, -0.1) is 0 Å². The predicted molar refractivity (Wildman–Crippen MR) is 124 cm³/mol. The lowest BCUT2D eigenvalue weighted by atomic mass is 9.93. The Morgan fingerprint density at radius 1 is 1.03 bits per heavy atom. The maximum atomic E-state index is 13.2. The number of carbonyl (C=O) groups is 1. The Morgan fingerprint density at radius 2 is 1.75 bits per heavy atom. The minimum Gasteiger partial charge on any atom is -0.376 e. The Kier molecular flexibility index (Phi) is 7.11. The van der Waals surface area contributed by atoms with Crippen molar-refractivity contribution in [3.63, 3.8) is 0 Å². The molecule has 0 bridgehead atoms. The number of carbonyl (C=O) groups excluding carboxylic acids is 1. The van der Waals surface area contributed by atoms with Gasteiger partial charge in [0.05, 0.1) is 22.9 Å². The number of rotatable bonds is 7. The Morgan fingerprint density at radius 3 is 2.41 bits per heavy atom. The standard InChI is InChI=1S/C22H33N3O5S2/c26-22(25(19-8-2-1-3-9-19)20-11-14-31(27,28)17-20)16-23-18-7-6-10-21(15-18)32(29,30)24-12-4-5-13-24/h6-7,10,15,19-20,23H,1-5,8-9,11-14,16-17H2. The van der Waals surface area contributed by atoms with Gasteiger partial charge in [-0.25, -0.2) is 16.8 Å². The minimum atomic E-state index is -3.53. The lowest BCUT2D eigenvalue weighted by Gasteiger charge is -2.38. The molecule has 1 aliphatic carbocycles. The van der Waals surface area contributed by atoms with Crippen molar-refractivity contribution in [3.05, 3.63) is 24.3 Å². The van der Waals surface area contributed by atoms with Crippen molar-refractivity contribution in [2.75, 3.05) is 36.5 Å². The highest BCUT2D eigenvalue weighted by atomic mass is 32.2. The van der Waals surface area contributed by atoms with Crippen LogP contribution in [-0.2, 0) is 24.7 Å². The SMILES string of the molecule is O=C(CNc1cccc(S(=O)(=O)N2CCCC2)c1)N(C1CCCCC1)C1CCS(=O)(=O)C1. The van der Waals surface area contributed by atoms with Crippen molar-refractivity contribution in [2.24, 2.45) is 0 Å². The maximum Gasteiger partial charge on any atom is 0.243 e. The van der Waals surface area contributed by atoms with Crippen LogP contribution in [0.2, 0.25) is 0 Å². The molecule has 2 saturated heterocycles. The molecule has 0 aromatic heterocycles. The number of anilines is 1. The van der Waals surface area contributed by atoms with Crippen molar-refractivity contribution >= 4 is 31.5 Å². The molecule has 1 unspecified atom stereocenters. The molecule has 0 spiro atoms. The zero-order valence-corrected chi connectivity index (χ0v) is 20.0. The van der Waals surface area contributed by atoms with Gasteiger partial charge in [-0.3, -0.25) is 4.79 Å². The Balaban J connectivity index is 1.46. The summed E-state index contributed by atoms with van der Waals surface area (Å²) in [6, 6.07) is 6.40. The van der Waals surface area contributed by atoms with Crippen molar-refractivity contribution in [1.82, 2.24) is 9.21 Å². The Bertz CT molecular complexity index is 1030. The van der Waals surface area contributed by atoms with E-state index >= 15 is 0 Å². The molecule has 3 aliphatic rings. The van der Waals surface area contributed by atoms with E-state index < -0.39 is 19.9 Å². The first-order valence-electron chi connectivity index (χ1n) is 11.6. The summed E-state index contributed by atoms with van der Waals surface area (Å²) in [5, 5.41) is 3.09. The van der Waals surface area contributed by atoms with Gasteiger partial charge in [0.2, 0.25) is 15.9 Å². The van der Waals surface area contributed by atoms with Crippen LogP contribution in [0.3, 0.4) is 0 Å². The van der Waals surface area contributed by atoms with Crippen LogP contribution >= 0.6 is 0 Å². The summed E-state index contributed by atoms with van der Waals surface area (Å²) in [6.07, 6.45) is 7.32. The predicted octanol–water partition coefficient (Wildman–Crippen LogP) is 2.23. The zero-order chi connectivity index (χ0) is 22.8. The van der Waals surface area contributed by atoms with Crippen LogP contribution in [0.1, 0.15) is 51.4 Å². The third-order valence-electron chi connectivity index (χ3n) is 6.84. The van der Waals surface area contributed by atoms with Crippen LogP contribution in [0.4, 0.5) is 5.69 Å². The Hall–Kier alpha value is -1.65. The second-order valence-corrected chi connectivity index (χ2v) is 13.3. The van der Waals surface area contributed by atoms with Crippen molar-refractivity contribution < 1.29 is 21.6 Å². The number of amides is 1. The third kappa shape index (κ3) is 5.28. The molecule has 10 heteroatoms. The number of sulfonamides is 1. The first kappa shape index (κ1) is 23.5. The molecule has 1 saturated carbocycles. The highest BCUT2D eigenvalue weighted by molar-refractivity contribution is 7.91. The summed E-state index contributed by atoms with van der Waals surface area (Å²) in [5.41, 5.74) is 0.571. The second-order valence-electron chi connectivity index (χ2n) is 9.14. The molecule has 3 fully saturated rings. The topological polar surface area (TPSA) is 104 Å². The van der Waals surface area contributed by atoms with E-state index in [2.05, 4.69) is 5.32 Å². The fraction of sp³-hybridized carbons (Fsp3) is 0.682. The van der Waals surface area contributed by atoms with Crippen molar-refractivity contribution in [2.45, 2.75) is 68.3 Å². The average Bonchev–Trinajstić information content (AvgIpc) is 3.44. The molecular weight excluding hydrogens is 450 g/mol. The third-order valence-corrected chi connectivity index (χ3v) is 10.5. The monoisotopic (exact) mass is 483 g/mol. The summed E-state index contributed by atoms with van der Waals surface area (Å²) in [5.74, 6) is 0.0587. The summed E-state index contributed by atoms with van der Waals surface area (Å²) < 4.78 is 51.3. The Labute approximate surface area is 191 Å². The number of hydrogen-bond donors (Lipinski definition) is 1. The van der Waals surface area contributed by atoms with E-state index in [1.807, 2.05) is 4.90 Å². The fourth-order valence-corrected chi connectivity index (χ4v) is 8.45. The van der Waals surface area contributed by atoms with E-state index in [1.165, 1.54) is 4.31 Å². The van der Waals surface area contributed by atoms with Gasteiger partial charge >= 0.3 is 0 Å². The van der Waals surface area contributed by atoms with Gasteiger partial charge in [0.25, 0.3) is 0 Å². The van der Waals surface area contributed by atoms with Crippen molar-refractivity contribution in [1.29, 1.82) is 0 Å². The van der Waals surface area contributed by atoms with Gasteiger partial charge in [-0.2, -0.15) is 4.31 Å². The smallest absolute Gasteiger partial charge is 0.243 e. The molecule has 2 heterocycles. The number of nitrogens with zero attached hydrogens (tertiary/aromatic N) is 2. The fourth-order valence-electron chi connectivity index (χ4n) is 5.17. The molecular formula is C22H33N3O5S2. The molecule has 178 valence electrons. The van der Waals surface area contributed by atoms with E-state index in [4.69, 9.17) is 0 Å². The normalized spacial score (nSPS) is 24.4. The van der Waals surface area contributed by atoms with Gasteiger partial charge in [-0.1, -0.05) is 25.3 Å². The number of benzene rings is 1. The van der Waals surface area contributed by atoms with E-state index in [-0.39, 0.29) is 40.9 Å². The van der Waals surface area contributed by atoms with Crippen LogP contribution < -0.4 is 5.32 Å². The molecule has 1 atom stereocenters. The van der Waals surface area contributed by atoms with Crippen LogP contribution in [0.15, 0.2) is 29.2 Å². The molecule has 1 amide bonds. The van der Waals surface area contributed by atoms with Gasteiger partial charge in [-0.05, 0) is 50.3 Å². The highest BCUT2D eigenvalue weighted by Gasteiger charge is 2.38. The van der Waals surface area contributed by atoms with Crippen LogP contribution in [-0.4, -0.2) is 75.2 Å². The van der Waals surface area contributed by atoms with Crippen LogP contribution in [0.5, 0.6) is 0 Å². The number of nitrogens with one attached hydrogen (secondary N) is 1. The van der Waals surface area contributed by atoms with Gasteiger partial charge < -0.3 is 10.2 Å². The second kappa shape index (κ2) is 9.69. The molecule has 1 N–H and O–H groups in total.